The second-order valence-corrected chi connectivity index (χ2v) is 4.43. The van der Waals surface area contributed by atoms with Crippen LogP contribution in [-0.4, -0.2) is 4.98 Å². The summed E-state index contributed by atoms with van der Waals surface area (Å²) in [5.74, 6) is 0. The van der Waals surface area contributed by atoms with E-state index in [0.717, 1.165) is 45.7 Å². The van der Waals surface area contributed by atoms with Crippen molar-refractivity contribution in [3.63, 3.8) is 0 Å². The number of rotatable bonds is 2. The van der Waals surface area contributed by atoms with E-state index in [0.29, 0.717) is 0 Å². The maximum atomic E-state index is 6.09. The third-order valence-electron chi connectivity index (χ3n) is 2.76. The second kappa shape index (κ2) is 4.30. The van der Waals surface area contributed by atoms with Crippen LogP contribution in [0.5, 0.6) is 0 Å². The standard InChI is InChI=1S/C13H15ClN2/c1-3-4-9-7-12(15)10-5-6-11(14)8(2)13(10)16-9/h5-7H,3-4H2,1-2H3,(H2,15,16). The van der Waals surface area contributed by atoms with Gasteiger partial charge < -0.3 is 5.73 Å². The van der Waals surface area contributed by atoms with Crippen LogP contribution >= 0.6 is 11.6 Å². The monoisotopic (exact) mass is 234 g/mol. The number of benzene rings is 1. The lowest BCUT2D eigenvalue weighted by atomic mass is 10.1. The van der Waals surface area contributed by atoms with E-state index < -0.39 is 0 Å². The van der Waals surface area contributed by atoms with Gasteiger partial charge in [0.1, 0.15) is 0 Å². The van der Waals surface area contributed by atoms with Gasteiger partial charge in [0.15, 0.2) is 0 Å². The van der Waals surface area contributed by atoms with E-state index in [-0.39, 0.29) is 0 Å². The number of hydrogen-bond acceptors (Lipinski definition) is 2. The van der Waals surface area contributed by atoms with Crippen LogP contribution in [0.1, 0.15) is 24.6 Å². The van der Waals surface area contributed by atoms with Crippen LogP contribution in [0.3, 0.4) is 0 Å². The van der Waals surface area contributed by atoms with Gasteiger partial charge in [-0.1, -0.05) is 24.9 Å². The minimum atomic E-state index is 0.744. The summed E-state index contributed by atoms with van der Waals surface area (Å²) in [7, 11) is 0. The Morgan fingerprint density at radius 3 is 2.81 bits per heavy atom. The Morgan fingerprint density at radius 2 is 2.12 bits per heavy atom. The molecule has 1 aromatic heterocycles. The highest BCUT2D eigenvalue weighted by Crippen LogP contribution is 2.28. The number of aromatic nitrogens is 1. The molecular weight excluding hydrogens is 220 g/mol. The highest BCUT2D eigenvalue weighted by Gasteiger charge is 2.07. The molecule has 0 saturated heterocycles. The van der Waals surface area contributed by atoms with E-state index in [1.54, 1.807) is 0 Å². The molecule has 1 heterocycles. The second-order valence-electron chi connectivity index (χ2n) is 4.02. The van der Waals surface area contributed by atoms with E-state index in [2.05, 4.69) is 11.9 Å². The summed E-state index contributed by atoms with van der Waals surface area (Å²) < 4.78 is 0. The van der Waals surface area contributed by atoms with Crippen LogP contribution in [0.15, 0.2) is 18.2 Å². The predicted octanol–water partition coefficient (Wildman–Crippen LogP) is 3.73. The molecule has 2 aromatic rings. The van der Waals surface area contributed by atoms with Crippen LogP contribution in [0.4, 0.5) is 5.69 Å². The van der Waals surface area contributed by atoms with Gasteiger partial charge >= 0.3 is 0 Å². The lowest BCUT2D eigenvalue weighted by molar-refractivity contribution is 0.890. The van der Waals surface area contributed by atoms with E-state index in [4.69, 9.17) is 17.3 Å². The summed E-state index contributed by atoms with van der Waals surface area (Å²) in [4.78, 5) is 4.62. The van der Waals surface area contributed by atoms with Gasteiger partial charge in [0.05, 0.1) is 5.52 Å². The van der Waals surface area contributed by atoms with Gasteiger partial charge in [-0.15, -0.1) is 0 Å². The topological polar surface area (TPSA) is 38.9 Å². The Labute approximate surface area is 100 Å². The van der Waals surface area contributed by atoms with Crippen molar-refractivity contribution in [1.82, 2.24) is 4.98 Å². The van der Waals surface area contributed by atoms with Crippen molar-refractivity contribution in [2.45, 2.75) is 26.7 Å². The summed E-state index contributed by atoms with van der Waals surface area (Å²) in [6.07, 6.45) is 2.02. The van der Waals surface area contributed by atoms with E-state index in [1.165, 1.54) is 0 Å². The molecule has 0 fully saturated rings. The Kier molecular flexibility index (Phi) is 3.01. The number of fused-ring (bicyclic) bond motifs is 1. The zero-order chi connectivity index (χ0) is 11.7. The van der Waals surface area contributed by atoms with E-state index >= 15 is 0 Å². The fourth-order valence-electron chi connectivity index (χ4n) is 1.87. The average Bonchev–Trinajstić information content (AvgIpc) is 2.25. The van der Waals surface area contributed by atoms with Gasteiger partial charge in [-0.05, 0) is 37.1 Å². The normalized spacial score (nSPS) is 10.9. The fourth-order valence-corrected chi connectivity index (χ4v) is 2.02. The Balaban J connectivity index is 2.73. The van der Waals surface area contributed by atoms with Crippen LogP contribution in [0.2, 0.25) is 5.02 Å². The van der Waals surface area contributed by atoms with Crippen molar-refractivity contribution < 1.29 is 0 Å². The molecule has 0 spiro atoms. The minimum Gasteiger partial charge on any atom is -0.398 e. The Morgan fingerprint density at radius 1 is 1.38 bits per heavy atom. The Hall–Kier alpha value is -1.28. The maximum Gasteiger partial charge on any atom is 0.0769 e. The quantitative estimate of drug-likeness (QED) is 0.860. The predicted molar refractivity (Wildman–Crippen MR) is 69.9 cm³/mol. The molecule has 0 unspecified atom stereocenters. The minimum absolute atomic E-state index is 0.744. The number of nitrogens with zero attached hydrogens (tertiary/aromatic N) is 1. The third kappa shape index (κ3) is 1.85. The van der Waals surface area contributed by atoms with Crippen LogP contribution < -0.4 is 5.73 Å². The van der Waals surface area contributed by atoms with Gasteiger partial charge in [-0.2, -0.15) is 0 Å². The first-order valence-corrected chi connectivity index (χ1v) is 5.85. The van der Waals surface area contributed by atoms with Crippen LogP contribution in [-0.2, 0) is 6.42 Å². The molecule has 84 valence electrons. The van der Waals surface area contributed by atoms with Gasteiger partial charge in [0.2, 0.25) is 0 Å². The molecule has 16 heavy (non-hydrogen) atoms. The third-order valence-corrected chi connectivity index (χ3v) is 3.17. The number of aryl methyl sites for hydroxylation is 2. The summed E-state index contributed by atoms with van der Waals surface area (Å²) in [5.41, 5.74) is 9.78. The average molecular weight is 235 g/mol. The molecule has 2 N–H and O–H groups in total. The number of anilines is 1. The van der Waals surface area contributed by atoms with E-state index in [9.17, 15) is 0 Å². The van der Waals surface area contributed by atoms with Crippen molar-refractivity contribution in [1.29, 1.82) is 0 Å². The van der Waals surface area contributed by atoms with Crippen LogP contribution in [0.25, 0.3) is 10.9 Å². The molecule has 1 aromatic carbocycles. The fraction of sp³-hybridized carbons (Fsp3) is 0.308. The summed E-state index contributed by atoms with van der Waals surface area (Å²) in [5, 5.41) is 1.73. The zero-order valence-corrected chi connectivity index (χ0v) is 10.3. The first-order valence-electron chi connectivity index (χ1n) is 5.47. The maximum absolute atomic E-state index is 6.09. The number of nitrogen functional groups attached to an aromatic ring is 1. The van der Waals surface area contributed by atoms with Crippen molar-refractivity contribution in [2.75, 3.05) is 5.73 Å². The largest absolute Gasteiger partial charge is 0.398 e. The number of hydrogen-bond donors (Lipinski definition) is 1. The van der Waals surface area contributed by atoms with Gasteiger partial charge in [0, 0.05) is 21.8 Å². The summed E-state index contributed by atoms with van der Waals surface area (Å²) >= 11 is 6.09. The molecule has 3 heteroatoms. The number of nitrogens with two attached hydrogens (primary N) is 1. The highest BCUT2D eigenvalue weighted by atomic mass is 35.5. The van der Waals surface area contributed by atoms with Crippen LogP contribution in [0, 0.1) is 6.92 Å². The molecular formula is C13H15ClN2. The Bertz CT molecular complexity index is 535. The molecule has 2 nitrogen and oxygen atoms in total. The molecule has 2 rings (SSSR count). The highest BCUT2D eigenvalue weighted by molar-refractivity contribution is 6.32. The zero-order valence-electron chi connectivity index (χ0n) is 9.55. The van der Waals surface area contributed by atoms with Crippen molar-refractivity contribution >= 4 is 28.2 Å². The molecule has 0 saturated carbocycles. The molecule has 0 aliphatic heterocycles. The first-order chi connectivity index (χ1) is 7.63. The van der Waals surface area contributed by atoms with Crippen molar-refractivity contribution in [3.8, 4) is 0 Å². The van der Waals surface area contributed by atoms with Gasteiger partial charge in [-0.25, -0.2) is 0 Å². The van der Waals surface area contributed by atoms with Gasteiger partial charge in [0.25, 0.3) is 0 Å². The molecule has 0 amide bonds. The number of pyridine rings is 1. The van der Waals surface area contributed by atoms with Gasteiger partial charge in [-0.3, -0.25) is 4.98 Å². The molecule has 0 aliphatic rings. The molecule has 0 aliphatic carbocycles. The van der Waals surface area contributed by atoms with Crippen molar-refractivity contribution in [2.24, 2.45) is 0 Å². The van der Waals surface area contributed by atoms with E-state index in [1.807, 2.05) is 25.1 Å². The van der Waals surface area contributed by atoms with Crippen molar-refractivity contribution in [3.05, 3.63) is 34.5 Å². The smallest absolute Gasteiger partial charge is 0.0769 e. The lowest BCUT2D eigenvalue weighted by Crippen LogP contribution is -1.97. The summed E-state index contributed by atoms with van der Waals surface area (Å²) in [6, 6.07) is 5.76. The molecule has 0 radical (unpaired) electrons. The summed E-state index contributed by atoms with van der Waals surface area (Å²) in [6.45, 7) is 4.11. The SMILES string of the molecule is CCCc1cc(N)c2ccc(Cl)c(C)c2n1. The lowest BCUT2D eigenvalue weighted by Gasteiger charge is -2.08. The first kappa shape index (κ1) is 11.2. The molecule has 0 bridgehead atoms. The number of halogens is 1. The molecule has 0 atom stereocenters.